The van der Waals surface area contributed by atoms with E-state index in [0.29, 0.717) is 21.3 Å². The summed E-state index contributed by atoms with van der Waals surface area (Å²) < 4.78 is 5.29. The highest BCUT2D eigenvalue weighted by Crippen LogP contribution is 2.23. The van der Waals surface area contributed by atoms with Crippen LogP contribution in [0, 0.1) is 0 Å². The molecule has 0 saturated carbocycles. The van der Waals surface area contributed by atoms with Crippen LogP contribution >= 0.6 is 23.4 Å². The quantitative estimate of drug-likeness (QED) is 0.486. The molecule has 0 fully saturated rings. The summed E-state index contributed by atoms with van der Waals surface area (Å²) in [5, 5.41) is 5.79. The first-order valence-electron chi connectivity index (χ1n) is 8.91. The van der Waals surface area contributed by atoms with Gasteiger partial charge in [-0.15, -0.1) is 11.8 Å². The van der Waals surface area contributed by atoms with Gasteiger partial charge in [-0.25, -0.2) is 9.78 Å². The summed E-state index contributed by atoms with van der Waals surface area (Å²) in [6.45, 7) is 5.22. The van der Waals surface area contributed by atoms with E-state index in [2.05, 4.69) is 15.6 Å². The van der Waals surface area contributed by atoms with Gasteiger partial charge < -0.3 is 15.4 Å². The van der Waals surface area contributed by atoms with Gasteiger partial charge in [-0.2, -0.15) is 0 Å². The van der Waals surface area contributed by atoms with Crippen molar-refractivity contribution in [1.29, 1.82) is 0 Å². The molecule has 154 valence electrons. The highest BCUT2D eigenvalue weighted by molar-refractivity contribution is 8.00. The zero-order valence-corrected chi connectivity index (χ0v) is 17.8. The zero-order valence-electron chi connectivity index (χ0n) is 16.3. The molecule has 29 heavy (non-hydrogen) atoms. The Balaban J connectivity index is 1.98. The maximum atomic E-state index is 12.6. The first kappa shape index (κ1) is 22.7. The summed E-state index contributed by atoms with van der Waals surface area (Å²) in [5.41, 5.74) is 0.291. The molecule has 0 radical (unpaired) electrons. The van der Waals surface area contributed by atoms with Crippen molar-refractivity contribution in [3.05, 3.63) is 53.2 Å². The third-order valence-corrected chi connectivity index (χ3v) is 4.84. The number of benzene rings is 1. The first-order valence-corrected chi connectivity index (χ1v) is 10.3. The number of anilines is 1. The number of nitrogens with zero attached hydrogens (tertiary/aromatic N) is 1. The molecule has 0 bridgehead atoms. The van der Waals surface area contributed by atoms with Crippen molar-refractivity contribution >= 4 is 47.0 Å². The lowest BCUT2D eigenvalue weighted by atomic mass is 10.2. The molecule has 1 aromatic carbocycles. The molecule has 7 nitrogen and oxygen atoms in total. The summed E-state index contributed by atoms with van der Waals surface area (Å²) in [6.07, 6.45) is 0.360. The second kappa shape index (κ2) is 10.8. The Morgan fingerprint density at radius 2 is 1.86 bits per heavy atom. The summed E-state index contributed by atoms with van der Waals surface area (Å²) in [7, 11) is 0. The second-order valence-corrected chi connectivity index (χ2v) is 7.86. The zero-order chi connectivity index (χ0) is 21.4. The van der Waals surface area contributed by atoms with E-state index >= 15 is 0 Å². The third-order valence-electron chi connectivity index (χ3n) is 3.55. The number of hydrogen-bond acceptors (Lipinski definition) is 6. The fourth-order valence-corrected chi connectivity index (χ4v) is 3.19. The van der Waals surface area contributed by atoms with E-state index in [1.807, 2.05) is 13.8 Å². The number of thioether (sulfide) groups is 1. The van der Waals surface area contributed by atoms with Crippen LogP contribution in [-0.4, -0.2) is 40.7 Å². The Kier molecular flexibility index (Phi) is 8.48. The number of amides is 2. The number of aromatic nitrogens is 1. The average Bonchev–Trinajstić information content (AvgIpc) is 2.67. The summed E-state index contributed by atoms with van der Waals surface area (Å²) >= 11 is 6.99. The summed E-state index contributed by atoms with van der Waals surface area (Å²) in [4.78, 5) is 41.2. The van der Waals surface area contributed by atoms with Gasteiger partial charge in [0.2, 0.25) is 5.91 Å². The van der Waals surface area contributed by atoms with Crippen molar-refractivity contribution in [2.75, 3.05) is 11.1 Å². The lowest BCUT2D eigenvalue weighted by molar-refractivity contribution is -0.123. The molecule has 0 saturated heterocycles. The van der Waals surface area contributed by atoms with Gasteiger partial charge in [-0.3, -0.25) is 9.59 Å². The van der Waals surface area contributed by atoms with Gasteiger partial charge in [0.1, 0.15) is 5.82 Å². The van der Waals surface area contributed by atoms with Gasteiger partial charge in [-0.1, -0.05) is 23.7 Å². The lowest BCUT2D eigenvalue weighted by Gasteiger charge is -2.15. The molecule has 2 N–H and O–H groups in total. The van der Waals surface area contributed by atoms with Crippen LogP contribution in [-0.2, 0) is 14.3 Å². The minimum atomic E-state index is -1.04. The minimum absolute atomic E-state index is 0.0396. The maximum absolute atomic E-state index is 12.6. The monoisotopic (exact) mass is 435 g/mol. The second-order valence-electron chi connectivity index (χ2n) is 6.41. The normalized spacial score (nSPS) is 11.6. The van der Waals surface area contributed by atoms with Gasteiger partial charge in [0.15, 0.2) is 6.10 Å². The van der Waals surface area contributed by atoms with Crippen molar-refractivity contribution in [1.82, 2.24) is 10.3 Å². The van der Waals surface area contributed by atoms with Gasteiger partial charge in [0, 0.05) is 17.1 Å². The van der Waals surface area contributed by atoms with Crippen molar-refractivity contribution in [3.8, 4) is 0 Å². The fraction of sp³-hybridized carbons (Fsp3) is 0.300. The number of ether oxygens (including phenoxy) is 1. The lowest BCUT2D eigenvalue weighted by Crippen LogP contribution is -2.31. The van der Waals surface area contributed by atoms with Gasteiger partial charge in [-0.05, 0) is 45.0 Å². The van der Waals surface area contributed by atoms with E-state index in [4.69, 9.17) is 16.3 Å². The van der Waals surface area contributed by atoms with Crippen molar-refractivity contribution in [3.63, 3.8) is 0 Å². The topological polar surface area (TPSA) is 97.4 Å². The molecule has 0 aliphatic heterocycles. The number of halogens is 1. The van der Waals surface area contributed by atoms with Crippen LogP contribution in [0.1, 0.15) is 31.1 Å². The van der Waals surface area contributed by atoms with Gasteiger partial charge in [0.05, 0.1) is 16.3 Å². The first-order chi connectivity index (χ1) is 13.8. The smallest absolute Gasteiger partial charge is 0.340 e. The number of esters is 1. The molecule has 0 aliphatic rings. The number of nitrogens with one attached hydrogen (secondary N) is 2. The molecule has 1 unspecified atom stereocenters. The molecule has 1 aromatic heterocycles. The number of rotatable bonds is 8. The van der Waals surface area contributed by atoms with Gasteiger partial charge >= 0.3 is 5.97 Å². The molecular weight excluding hydrogens is 414 g/mol. The molecule has 2 aromatic rings. The number of carbonyl (C=O) groups is 3. The Morgan fingerprint density at radius 1 is 1.14 bits per heavy atom. The Labute approximate surface area is 178 Å². The third kappa shape index (κ3) is 7.40. The van der Waals surface area contributed by atoms with Crippen LogP contribution in [0.5, 0.6) is 0 Å². The molecule has 0 aliphatic carbocycles. The van der Waals surface area contributed by atoms with Crippen LogP contribution in [0.15, 0.2) is 47.5 Å². The largest absolute Gasteiger partial charge is 0.449 e. The van der Waals surface area contributed by atoms with E-state index in [0.717, 1.165) is 0 Å². The summed E-state index contributed by atoms with van der Waals surface area (Å²) in [6, 6.07) is 9.95. The van der Waals surface area contributed by atoms with E-state index in [1.165, 1.54) is 24.9 Å². The number of hydrogen-bond donors (Lipinski definition) is 2. The molecule has 1 atom stereocenters. The van der Waals surface area contributed by atoms with Crippen LogP contribution < -0.4 is 10.6 Å². The van der Waals surface area contributed by atoms with Gasteiger partial charge in [0.25, 0.3) is 5.91 Å². The molecule has 0 spiro atoms. The fourth-order valence-electron chi connectivity index (χ4n) is 2.22. The van der Waals surface area contributed by atoms with Crippen LogP contribution in [0.2, 0.25) is 5.02 Å². The molecule has 9 heteroatoms. The predicted octanol–water partition coefficient (Wildman–Crippen LogP) is 3.54. The van der Waals surface area contributed by atoms with E-state index in [1.54, 1.807) is 36.4 Å². The van der Waals surface area contributed by atoms with Crippen molar-refractivity contribution in [2.45, 2.75) is 37.8 Å². The van der Waals surface area contributed by atoms with E-state index < -0.39 is 18.0 Å². The van der Waals surface area contributed by atoms with Crippen molar-refractivity contribution < 1.29 is 19.1 Å². The minimum Gasteiger partial charge on any atom is -0.449 e. The summed E-state index contributed by atoms with van der Waals surface area (Å²) in [5.74, 6) is -0.828. The van der Waals surface area contributed by atoms with E-state index in [9.17, 15) is 14.4 Å². The molecule has 2 rings (SSSR count). The number of carbonyl (C=O) groups excluding carboxylic acids is 3. The highest BCUT2D eigenvalue weighted by Gasteiger charge is 2.21. The predicted molar refractivity (Wildman–Crippen MR) is 113 cm³/mol. The van der Waals surface area contributed by atoms with E-state index in [-0.39, 0.29) is 17.7 Å². The Bertz CT molecular complexity index is 874. The van der Waals surface area contributed by atoms with Crippen molar-refractivity contribution in [2.24, 2.45) is 0 Å². The maximum Gasteiger partial charge on any atom is 0.340 e. The van der Waals surface area contributed by atoms with Crippen LogP contribution in [0.25, 0.3) is 0 Å². The van der Waals surface area contributed by atoms with Crippen LogP contribution in [0.4, 0.5) is 5.82 Å². The highest BCUT2D eigenvalue weighted by atomic mass is 35.5. The Hall–Kier alpha value is -2.58. The number of pyridine rings is 1. The molecule has 2 amide bonds. The molecular formula is C20H22ClN3O4S. The average molecular weight is 436 g/mol. The Morgan fingerprint density at radius 3 is 2.52 bits per heavy atom. The standard InChI is InChI=1S/C20H22ClN3O4S/c1-12(2)23-18(25)11-29-16-7-5-4-6-15(16)20(27)28-13(3)19(26)24-17-9-8-14(21)10-22-17/h4-10,12-13H,11H2,1-3H3,(H,23,25)(H,22,24,26). The SMILES string of the molecule is CC(C)NC(=O)CSc1ccccc1C(=O)OC(C)C(=O)Nc1ccc(Cl)cn1. The van der Waals surface area contributed by atoms with Crippen LogP contribution in [0.3, 0.4) is 0 Å². The molecule has 1 heterocycles.